The van der Waals surface area contributed by atoms with Crippen molar-refractivity contribution in [3.05, 3.63) is 51.3 Å². The Morgan fingerprint density at radius 1 is 1.26 bits per heavy atom. The number of carbonyl (C=O) groups is 3. The smallest absolute Gasteiger partial charge is 0.410 e. The van der Waals surface area contributed by atoms with Crippen molar-refractivity contribution in [2.75, 3.05) is 13.2 Å². The van der Waals surface area contributed by atoms with Crippen LogP contribution in [0.15, 0.2) is 28.8 Å². The maximum absolute atomic E-state index is 12.8. The molecule has 0 bridgehead atoms. The number of carbonyl (C=O) groups excluding carboxylic acids is 3. The number of benzene rings is 1. The van der Waals surface area contributed by atoms with Gasteiger partial charge in [-0.3, -0.25) is 9.69 Å². The second kappa shape index (κ2) is 11.3. The molecule has 0 aliphatic carbocycles. The van der Waals surface area contributed by atoms with Crippen molar-refractivity contribution in [1.29, 1.82) is 0 Å². The molecule has 1 N–H and O–H groups in total. The number of ether oxygens (including phenoxy) is 2. The third-order valence-electron chi connectivity index (χ3n) is 5.25. The Hall–Kier alpha value is -2.78. The lowest BCUT2D eigenvalue weighted by Crippen LogP contribution is -2.43. The molecule has 1 fully saturated rings. The van der Waals surface area contributed by atoms with Gasteiger partial charge in [0.05, 0.1) is 23.2 Å². The molecule has 35 heavy (non-hydrogen) atoms. The molecule has 0 spiro atoms. The summed E-state index contributed by atoms with van der Waals surface area (Å²) in [6.45, 7) is 7.78. The minimum Gasteiger partial charge on any atom is -0.464 e. The fourth-order valence-electron chi connectivity index (χ4n) is 3.74. The van der Waals surface area contributed by atoms with Gasteiger partial charge in [0.15, 0.2) is 0 Å². The van der Waals surface area contributed by atoms with E-state index in [1.165, 1.54) is 12.1 Å². The number of amides is 2. The van der Waals surface area contributed by atoms with Crippen molar-refractivity contribution in [2.24, 2.45) is 0 Å². The molecule has 2 amide bonds. The van der Waals surface area contributed by atoms with Crippen LogP contribution in [0.3, 0.4) is 0 Å². The van der Waals surface area contributed by atoms with Gasteiger partial charge in [-0.05, 0) is 58.7 Å². The first-order valence-electron chi connectivity index (χ1n) is 11.4. The number of esters is 1. The number of hydrogen-bond donors (Lipinski definition) is 1. The van der Waals surface area contributed by atoms with Crippen LogP contribution in [0.5, 0.6) is 0 Å². The zero-order valence-electron chi connectivity index (χ0n) is 20.1. The Labute approximate surface area is 214 Å². The third-order valence-corrected chi connectivity index (χ3v) is 5.82. The SMILES string of the molecule is CCOC(=O)C(Cc1cc(C2CCCN2C(=O)OC(C)(C)C)no1)NC(=O)c1cc(Cl)ccc1Cl. The molecule has 0 radical (unpaired) electrons. The quantitative estimate of drug-likeness (QED) is 0.508. The summed E-state index contributed by atoms with van der Waals surface area (Å²) in [4.78, 5) is 39.6. The molecule has 2 atom stereocenters. The fraction of sp³-hybridized carbons (Fsp3) is 0.500. The molecular weight excluding hydrogens is 497 g/mol. The lowest BCUT2D eigenvalue weighted by Gasteiger charge is -2.27. The number of halogens is 2. The van der Waals surface area contributed by atoms with Gasteiger partial charge in [-0.1, -0.05) is 28.4 Å². The number of nitrogens with one attached hydrogen (secondary N) is 1. The number of rotatable bonds is 7. The maximum Gasteiger partial charge on any atom is 0.410 e. The minimum atomic E-state index is -1.05. The fourth-order valence-corrected chi connectivity index (χ4v) is 4.12. The highest BCUT2D eigenvalue weighted by molar-refractivity contribution is 6.35. The molecular formula is C24H29Cl2N3O6. The minimum absolute atomic E-state index is 0.00504. The molecule has 2 aromatic rings. The predicted molar refractivity (Wildman–Crippen MR) is 129 cm³/mol. The van der Waals surface area contributed by atoms with Gasteiger partial charge in [0.2, 0.25) is 0 Å². The van der Waals surface area contributed by atoms with E-state index in [2.05, 4.69) is 10.5 Å². The van der Waals surface area contributed by atoms with Crippen LogP contribution >= 0.6 is 23.2 Å². The highest BCUT2D eigenvalue weighted by atomic mass is 35.5. The standard InChI is InChI=1S/C24H29Cl2N3O6/c1-5-33-22(31)19(27-21(30)16-11-14(25)8-9-17(16)26)13-15-12-18(28-35-15)20-7-6-10-29(20)23(32)34-24(2,3)4/h8-9,11-12,19-20H,5-7,10,13H2,1-4H3,(H,27,30). The average molecular weight is 526 g/mol. The van der Waals surface area contributed by atoms with Crippen LogP contribution < -0.4 is 5.32 Å². The second-order valence-corrected chi connectivity index (χ2v) is 10.00. The van der Waals surface area contributed by atoms with E-state index in [4.69, 9.17) is 37.2 Å². The van der Waals surface area contributed by atoms with Crippen molar-refractivity contribution in [3.63, 3.8) is 0 Å². The van der Waals surface area contributed by atoms with Gasteiger partial charge in [-0.2, -0.15) is 0 Å². The molecule has 1 aliphatic rings. The molecule has 2 heterocycles. The molecule has 1 saturated heterocycles. The third kappa shape index (κ3) is 7.11. The molecule has 3 rings (SSSR count). The van der Waals surface area contributed by atoms with Crippen LogP contribution in [0, 0.1) is 0 Å². The van der Waals surface area contributed by atoms with Crippen molar-refractivity contribution in [1.82, 2.24) is 15.4 Å². The summed E-state index contributed by atoms with van der Waals surface area (Å²) in [5.74, 6) is -0.859. The molecule has 1 aromatic heterocycles. The molecule has 0 saturated carbocycles. The Morgan fingerprint density at radius 2 is 2.00 bits per heavy atom. The van der Waals surface area contributed by atoms with Gasteiger partial charge in [0.25, 0.3) is 5.91 Å². The van der Waals surface area contributed by atoms with E-state index in [0.717, 1.165) is 6.42 Å². The van der Waals surface area contributed by atoms with Gasteiger partial charge >= 0.3 is 12.1 Å². The van der Waals surface area contributed by atoms with Crippen LogP contribution in [0.25, 0.3) is 0 Å². The summed E-state index contributed by atoms with van der Waals surface area (Å²) in [6, 6.07) is 4.80. The molecule has 9 nitrogen and oxygen atoms in total. The number of aromatic nitrogens is 1. The lowest BCUT2D eigenvalue weighted by molar-refractivity contribution is -0.145. The summed E-state index contributed by atoms with van der Waals surface area (Å²) in [6.07, 6.45) is 1.08. The normalized spacial score (nSPS) is 16.6. The number of likely N-dealkylation sites (tertiary alicyclic amines) is 1. The number of hydrogen-bond acceptors (Lipinski definition) is 7. The van der Waals surface area contributed by atoms with E-state index < -0.39 is 29.6 Å². The van der Waals surface area contributed by atoms with Crippen LogP contribution in [-0.4, -0.2) is 52.8 Å². The van der Waals surface area contributed by atoms with Crippen molar-refractivity contribution in [2.45, 2.75) is 64.6 Å². The Balaban J connectivity index is 1.75. The number of nitrogens with zero attached hydrogens (tertiary/aromatic N) is 2. The van der Waals surface area contributed by atoms with Gasteiger partial charge in [-0.15, -0.1) is 0 Å². The van der Waals surface area contributed by atoms with E-state index >= 15 is 0 Å². The first-order chi connectivity index (χ1) is 16.5. The van der Waals surface area contributed by atoms with Gasteiger partial charge in [0.1, 0.15) is 23.1 Å². The Bertz CT molecular complexity index is 1080. The van der Waals surface area contributed by atoms with Crippen LogP contribution in [0.4, 0.5) is 4.79 Å². The highest BCUT2D eigenvalue weighted by Crippen LogP contribution is 2.33. The molecule has 2 unspecified atom stereocenters. The Kier molecular flexibility index (Phi) is 8.66. The van der Waals surface area contributed by atoms with Crippen LogP contribution in [-0.2, 0) is 20.7 Å². The van der Waals surface area contributed by atoms with Crippen LogP contribution in [0.2, 0.25) is 10.0 Å². The van der Waals surface area contributed by atoms with E-state index in [1.807, 2.05) is 20.8 Å². The van der Waals surface area contributed by atoms with E-state index in [9.17, 15) is 14.4 Å². The van der Waals surface area contributed by atoms with E-state index in [-0.39, 0.29) is 29.7 Å². The van der Waals surface area contributed by atoms with Crippen molar-refractivity contribution >= 4 is 41.2 Å². The summed E-state index contributed by atoms with van der Waals surface area (Å²) < 4.78 is 16.1. The van der Waals surface area contributed by atoms with Crippen molar-refractivity contribution < 1.29 is 28.4 Å². The molecule has 1 aromatic carbocycles. The molecule has 190 valence electrons. The maximum atomic E-state index is 12.8. The molecule has 11 heteroatoms. The predicted octanol–water partition coefficient (Wildman–Crippen LogP) is 4.96. The highest BCUT2D eigenvalue weighted by Gasteiger charge is 2.35. The second-order valence-electron chi connectivity index (χ2n) is 9.16. The average Bonchev–Trinajstić information content (AvgIpc) is 3.43. The first-order valence-corrected chi connectivity index (χ1v) is 12.1. The zero-order chi connectivity index (χ0) is 25.8. The van der Waals surface area contributed by atoms with E-state index in [1.54, 1.807) is 24.0 Å². The van der Waals surface area contributed by atoms with Crippen LogP contribution in [0.1, 0.15) is 68.4 Å². The summed E-state index contributed by atoms with van der Waals surface area (Å²) in [5.41, 5.74) is 0.0664. The van der Waals surface area contributed by atoms with Gasteiger partial charge < -0.3 is 19.3 Å². The van der Waals surface area contributed by atoms with E-state index in [0.29, 0.717) is 29.4 Å². The first kappa shape index (κ1) is 26.8. The topological polar surface area (TPSA) is 111 Å². The monoisotopic (exact) mass is 525 g/mol. The van der Waals surface area contributed by atoms with Crippen molar-refractivity contribution in [3.8, 4) is 0 Å². The molecule has 1 aliphatic heterocycles. The van der Waals surface area contributed by atoms with Gasteiger partial charge in [0, 0.05) is 24.1 Å². The zero-order valence-corrected chi connectivity index (χ0v) is 21.6. The summed E-state index contributed by atoms with van der Waals surface area (Å²) >= 11 is 12.1. The largest absolute Gasteiger partial charge is 0.464 e. The van der Waals surface area contributed by atoms with Gasteiger partial charge in [-0.25, -0.2) is 9.59 Å². The summed E-state index contributed by atoms with van der Waals surface area (Å²) in [5, 5.41) is 7.28. The Morgan fingerprint density at radius 3 is 2.69 bits per heavy atom. The lowest BCUT2D eigenvalue weighted by atomic mass is 10.1. The summed E-state index contributed by atoms with van der Waals surface area (Å²) in [7, 11) is 0.